The van der Waals surface area contributed by atoms with Gasteiger partial charge in [-0.3, -0.25) is 4.79 Å². The van der Waals surface area contributed by atoms with E-state index >= 15 is 0 Å². The third-order valence-electron chi connectivity index (χ3n) is 5.01. The summed E-state index contributed by atoms with van der Waals surface area (Å²) in [7, 11) is -3.26. The Morgan fingerprint density at radius 3 is 2.62 bits per heavy atom. The molecule has 0 spiro atoms. The van der Waals surface area contributed by atoms with Gasteiger partial charge in [0.15, 0.2) is 9.84 Å². The zero-order chi connectivity index (χ0) is 20.6. The number of amides is 1. The molecule has 1 atom stereocenters. The Hall–Kier alpha value is -2.64. The number of hydrogen-bond donors (Lipinski definition) is 1. The van der Waals surface area contributed by atoms with Crippen LogP contribution in [0.4, 0.5) is 5.82 Å². The van der Waals surface area contributed by atoms with Gasteiger partial charge >= 0.3 is 0 Å². The van der Waals surface area contributed by atoms with E-state index in [2.05, 4.69) is 10.4 Å². The number of nitrogens with one attached hydrogen (secondary N) is 1. The van der Waals surface area contributed by atoms with Gasteiger partial charge in [-0.25, -0.2) is 13.1 Å². The van der Waals surface area contributed by atoms with Gasteiger partial charge in [-0.15, -0.1) is 0 Å². The van der Waals surface area contributed by atoms with Gasteiger partial charge in [-0.05, 0) is 30.2 Å². The van der Waals surface area contributed by atoms with E-state index in [0.29, 0.717) is 34.2 Å². The van der Waals surface area contributed by atoms with Crippen molar-refractivity contribution >= 4 is 33.2 Å². The highest BCUT2D eigenvalue weighted by Crippen LogP contribution is 2.34. The number of anilines is 1. The second-order valence-corrected chi connectivity index (χ2v) is 9.56. The van der Waals surface area contributed by atoms with E-state index in [9.17, 15) is 13.2 Å². The van der Waals surface area contributed by atoms with Gasteiger partial charge in [0.05, 0.1) is 28.8 Å². The standard InChI is InChI=1S/C21H20ClN3O3S/c1-2-17(14-7-4-3-5-8-14)21(26)23-20-18-12-29(27,28)13-19(18)24-25(20)16-10-6-9-15(22)11-16/h3-11,17H,2,12-13H2,1H3,(H,23,26)/t17-/m1/s1. The maximum Gasteiger partial charge on any atom is 0.233 e. The molecule has 2 aromatic carbocycles. The van der Waals surface area contributed by atoms with Gasteiger partial charge < -0.3 is 5.32 Å². The topological polar surface area (TPSA) is 81.1 Å². The first-order chi connectivity index (χ1) is 13.9. The highest BCUT2D eigenvalue weighted by Gasteiger charge is 2.34. The molecule has 1 aliphatic heterocycles. The van der Waals surface area contributed by atoms with E-state index in [1.807, 2.05) is 43.3 Å². The summed E-state index contributed by atoms with van der Waals surface area (Å²) in [5, 5.41) is 7.95. The van der Waals surface area contributed by atoms with E-state index in [1.54, 1.807) is 22.9 Å². The monoisotopic (exact) mass is 429 g/mol. The highest BCUT2D eigenvalue weighted by molar-refractivity contribution is 7.90. The van der Waals surface area contributed by atoms with Crippen LogP contribution < -0.4 is 5.32 Å². The van der Waals surface area contributed by atoms with Crippen molar-refractivity contribution < 1.29 is 13.2 Å². The molecule has 0 saturated carbocycles. The molecule has 1 N–H and O–H groups in total. The lowest BCUT2D eigenvalue weighted by Gasteiger charge is -2.17. The number of hydrogen-bond acceptors (Lipinski definition) is 4. The van der Waals surface area contributed by atoms with E-state index < -0.39 is 9.84 Å². The van der Waals surface area contributed by atoms with Crippen molar-refractivity contribution in [3.8, 4) is 5.69 Å². The number of carbonyl (C=O) groups is 1. The number of rotatable bonds is 5. The molecule has 4 rings (SSSR count). The number of sulfone groups is 1. The number of halogens is 1. The summed E-state index contributed by atoms with van der Waals surface area (Å²) in [4.78, 5) is 13.1. The third kappa shape index (κ3) is 3.93. The summed E-state index contributed by atoms with van der Waals surface area (Å²) in [6, 6.07) is 16.6. The van der Waals surface area contributed by atoms with Crippen LogP contribution in [-0.4, -0.2) is 24.1 Å². The van der Waals surface area contributed by atoms with Crippen LogP contribution in [0.3, 0.4) is 0 Å². The van der Waals surface area contributed by atoms with Crippen molar-refractivity contribution in [1.29, 1.82) is 0 Å². The summed E-state index contributed by atoms with van der Waals surface area (Å²) < 4.78 is 25.8. The van der Waals surface area contributed by atoms with E-state index in [1.165, 1.54) is 0 Å². The van der Waals surface area contributed by atoms with Gasteiger partial charge in [0, 0.05) is 10.6 Å². The first-order valence-electron chi connectivity index (χ1n) is 9.31. The molecular formula is C21H20ClN3O3S. The highest BCUT2D eigenvalue weighted by atomic mass is 35.5. The average Bonchev–Trinajstić information content (AvgIpc) is 3.16. The molecule has 1 aliphatic rings. The third-order valence-corrected chi connectivity index (χ3v) is 6.69. The average molecular weight is 430 g/mol. The molecule has 0 bridgehead atoms. The Kier molecular flexibility index (Phi) is 5.19. The van der Waals surface area contributed by atoms with Gasteiger partial charge in [0.2, 0.25) is 5.91 Å². The molecule has 1 amide bonds. The van der Waals surface area contributed by atoms with E-state index in [4.69, 9.17) is 11.6 Å². The maximum absolute atomic E-state index is 13.1. The first kappa shape index (κ1) is 19.7. The molecule has 0 aliphatic carbocycles. The summed E-state index contributed by atoms with van der Waals surface area (Å²) in [6.07, 6.45) is 0.613. The minimum Gasteiger partial charge on any atom is -0.310 e. The second kappa shape index (κ2) is 7.65. The van der Waals surface area contributed by atoms with Gasteiger partial charge in [0.25, 0.3) is 0 Å². The zero-order valence-electron chi connectivity index (χ0n) is 15.8. The normalized spacial score (nSPS) is 15.7. The fourth-order valence-corrected chi connectivity index (χ4v) is 5.31. The summed E-state index contributed by atoms with van der Waals surface area (Å²) >= 11 is 6.12. The van der Waals surface area contributed by atoms with Crippen molar-refractivity contribution in [1.82, 2.24) is 9.78 Å². The smallest absolute Gasteiger partial charge is 0.233 e. The Morgan fingerprint density at radius 1 is 1.17 bits per heavy atom. The summed E-state index contributed by atoms with van der Waals surface area (Å²) in [5.41, 5.74) is 2.58. The lowest BCUT2D eigenvalue weighted by atomic mass is 9.95. The van der Waals surface area contributed by atoms with Crippen LogP contribution in [0.25, 0.3) is 5.69 Å². The molecular weight excluding hydrogens is 410 g/mol. The SMILES string of the molecule is CC[C@@H](C(=O)Nc1c2c(nn1-c1cccc(Cl)c1)CS(=O)(=O)C2)c1ccccc1. The summed E-state index contributed by atoms with van der Waals surface area (Å²) in [5.74, 6) is -0.431. The molecule has 2 heterocycles. The van der Waals surface area contributed by atoms with Gasteiger partial charge in [0.1, 0.15) is 5.82 Å². The van der Waals surface area contributed by atoms with Crippen LogP contribution in [0.1, 0.15) is 36.1 Å². The van der Waals surface area contributed by atoms with Crippen LogP contribution in [0.2, 0.25) is 5.02 Å². The van der Waals surface area contributed by atoms with Crippen LogP contribution >= 0.6 is 11.6 Å². The number of benzene rings is 2. The molecule has 0 fully saturated rings. The van der Waals surface area contributed by atoms with Gasteiger partial charge in [-0.1, -0.05) is 54.9 Å². The molecule has 0 unspecified atom stereocenters. The van der Waals surface area contributed by atoms with Gasteiger partial charge in [-0.2, -0.15) is 5.10 Å². The fraction of sp³-hybridized carbons (Fsp3) is 0.238. The predicted octanol–water partition coefficient (Wildman–Crippen LogP) is 4.09. The molecule has 6 nitrogen and oxygen atoms in total. The second-order valence-electron chi connectivity index (χ2n) is 7.06. The first-order valence-corrected chi connectivity index (χ1v) is 11.5. The van der Waals surface area contributed by atoms with Crippen LogP contribution in [0.5, 0.6) is 0 Å². The largest absolute Gasteiger partial charge is 0.310 e. The van der Waals surface area contributed by atoms with Crippen molar-refractivity contribution in [3.63, 3.8) is 0 Å². The van der Waals surface area contributed by atoms with Crippen molar-refractivity contribution in [3.05, 3.63) is 76.4 Å². The Labute approximate surface area is 174 Å². The lowest BCUT2D eigenvalue weighted by molar-refractivity contribution is -0.117. The Balaban J connectivity index is 1.75. The quantitative estimate of drug-likeness (QED) is 0.662. The lowest BCUT2D eigenvalue weighted by Crippen LogP contribution is -2.23. The molecule has 1 aromatic heterocycles. The predicted molar refractivity (Wildman–Crippen MR) is 113 cm³/mol. The Bertz CT molecular complexity index is 1170. The fourth-order valence-electron chi connectivity index (χ4n) is 3.63. The van der Waals surface area contributed by atoms with Crippen LogP contribution in [-0.2, 0) is 26.1 Å². The molecule has 0 radical (unpaired) electrons. The van der Waals surface area contributed by atoms with Crippen molar-refractivity contribution in [2.24, 2.45) is 0 Å². The van der Waals surface area contributed by atoms with Crippen LogP contribution in [0, 0.1) is 0 Å². The zero-order valence-corrected chi connectivity index (χ0v) is 17.4. The van der Waals surface area contributed by atoms with Crippen molar-refractivity contribution in [2.45, 2.75) is 30.8 Å². The van der Waals surface area contributed by atoms with Crippen LogP contribution in [0.15, 0.2) is 54.6 Å². The number of aromatic nitrogens is 2. The Morgan fingerprint density at radius 2 is 1.93 bits per heavy atom. The van der Waals surface area contributed by atoms with Crippen molar-refractivity contribution in [2.75, 3.05) is 5.32 Å². The molecule has 3 aromatic rings. The maximum atomic E-state index is 13.1. The van der Waals surface area contributed by atoms with E-state index in [0.717, 1.165) is 5.56 Å². The molecule has 0 saturated heterocycles. The number of fused-ring (bicyclic) bond motifs is 1. The number of carbonyl (C=O) groups excluding carboxylic acids is 1. The molecule has 29 heavy (non-hydrogen) atoms. The molecule has 8 heteroatoms. The number of nitrogens with zero attached hydrogens (tertiary/aromatic N) is 2. The minimum absolute atomic E-state index is 0.130. The van der Waals surface area contributed by atoms with E-state index in [-0.39, 0.29) is 23.3 Å². The molecule has 150 valence electrons. The minimum atomic E-state index is -3.26. The summed E-state index contributed by atoms with van der Waals surface area (Å²) in [6.45, 7) is 1.94.